The van der Waals surface area contributed by atoms with Crippen molar-refractivity contribution >= 4 is 23.4 Å². The molecule has 0 unspecified atom stereocenters. The maximum Gasteiger partial charge on any atom is 0.356 e. The molecule has 0 saturated heterocycles. The number of thioether (sulfide) groups is 1. The van der Waals surface area contributed by atoms with Gasteiger partial charge in [-0.05, 0) is 19.6 Å². The van der Waals surface area contributed by atoms with Crippen LogP contribution >= 0.6 is 11.8 Å². The summed E-state index contributed by atoms with van der Waals surface area (Å²) in [5.74, 6) is 0.126. The molecule has 0 rings (SSSR count). The first kappa shape index (κ1) is 13.3. The van der Waals surface area contributed by atoms with E-state index in [2.05, 4.69) is 5.16 Å². The highest BCUT2D eigenvalue weighted by molar-refractivity contribution is 7.99. The fourth-order valence-corrected chi connectivity index (χ4v) is 1.13. The lowest BCUT2D eigenvalue weighted by molar-refractivity contribution is -0.135. The third-order valence-corrected chi connectivity index (χ3v) is 1.82. The average molecular weight is 219 g/mol. The van der Waals surface area contributed by atoms with E-state index in [-0.39, 0.29) is 0 Å². The van der Waals surface area contributed by atoms with Crippen LogP contribution in [0.25, 0.3) is 0 Å². The molecule has 0 aromatic heterocycles. The zero-order valence-corrected chi connectivity index (χ0v) is 9.73. The lowest BCUT2D eigenvalue weighted by atomic mass is 10.4. The minimum Gasteiger partial charge on any atom is -0.461 e. The van der Waals surface area contributed by atoms with Crippen LogP contribution in [0.1, 0.15) is 20.3 Å². The normalized spacial score (nSPS) is 11.2. The van der Waals surface area contributed by atoms with Crippen LogP contribution in [0.5, 0.6) is 0 Å². The fraction of sp³-hybridized carbons (Fsp3) is 0.778. The van der Waals surface area contributed by atoms with E-state index in [0.29, 0.717) is 24.7 Å². The highest BCUT2D eigenvalue weighted by atomic mass is 32.2. The van der Waals surface area contributed by atoms with Crippen LogP contribution in [0.2, 0.25) is 0 Å². The van der Waals surface area contributed by atoms with Gasteiger partial charge in [0.25, 0.3) is 0 Å². The summed E-state index contributed by atoms with van der Waals surface area (Å²) >= 11 is 1.51. The number of nitrogens with zero attached hydrogens (tertiary/aromatic N) is 1. The molecule has 0 radical (unpaired) electrons. The van der Waals surface area contributed by atoms with Crippen LogP contribution in [-0.2, 0) is 14.4 Å². The van der Waals surface area contributed by atoms with Gasteiger partial charge in [0.05, 0.1) is 6.61 Å². The van der Waals surface area contributed by atoms with Gasteiger partial charge in [0, 0.05) is 5.75 Å². The average Bonchev–Trinajstić information content (AvgIpc) is 2.17. The van der Waals surface area contributed by atoms with Gasteiger partial charge < -0.3 is 9.57 Å². The summed E-state index contributed by atoms with van der Waals surface area (Å²) in [6, 6.07) is 0. The molecule has 0 aliphatic rings. The number of esters is 1. The van der Waals surface area contributed by atoms with Gasteiger partial charge in [0.2, 0.25) is 0 Å². The van der Waals surface area contributed by atoms with Crippen molar-refractivity contribution in [2.75, 3.05) is 25.2 Å². The first-order chi connectivity index (χ1) is 6.76. The number of hydrogen-bond donors (Lipinski definition) is 0. The molecule has 0 aromatic rings. The first-order valence-corrected chi connectivity index (χ1v) is 6.00. The maximum absolute atomic E-state index is 11.3. The summed E-state index contributed by atoms with van der Waals surface area (Å²) in [5, 5.41) is 3.74. The summed E-state index contributed by atoms with van der Waals surface area (Å²) in [7, 11) is 0. The monoisotopic (exact) mass is 219 g/mol. The molecule has 82 valence electrons. The summed E-state index contributed by atoms with van der Waals surface area (Å²) in [6.45, 7) is 4.63. The number of rotatable bonds is 7. The molecule has 0 fully saturated rings. The molecule has 0 aliphatic carbocycles. The number of ether oxygens (including phenoxy) is 1. The van der Waals surface area contributed by atoms with Crippen molar-refractivity contribution in [1.82, 2.24) is 0 Å². The Kier molecular flexibility index (Phi) is 8.42. The summed E-state index contributed by atoms with van der Waals surface area (Å²) < 4.78 is 4.82. The van der Waals surface area contributed by atoms with Crippen LogP contribution in [0.15, 0.2) is 5.16 Å². The van der Waals surface area contributed by atoms with Crippen molar-refractivity contribution in [3.63, 3.8) is 0 Å². The molecule has 0 N–H and O–H groups in total. The molecular weight excluding hydrogens is 202 g/mol. The van der Waals surface area contributed by atoms with Crippen LogP contribution in [-0.4, -0.2) is 36.9 Å². The first-order valence-electron chi connectivity index (χ1n) is 4.61. The second-order valence-electron chi connectivity index (χ2n) is 2.52. The van der Waals surface area contributed by atoms with Gasteiger partial charge >= 0.3 is 5.97 Å². The minimum atomic E-state index is -0.391. The van der Waals surface area contributed by atoms with E-state index >= 15 is 0 Å². The van der Waals surface area contributed by atoms with Crippen LogP contribution in [0.4, 0.5) is 0 Å². The van der Waals surface area contributed by atoms with Crippen LogP contribution in [0.3, 0.4) is 0 Å². The lowest BCUT2D eigenvalue weighted by Crippen LogP contribution is -2.20. The SMILES string of the molecule is CCCON=C(CSC)C(=O)OCC. The Balaban J connectivity index is 4.11. The molecule has 0 aromatic carbocycles. The molecule has 0 bridgehead atoms. The van der Waals surface area contributed by atoms with Crippen molar-refractivity contribution in [3.05, 3.63) is 0 Å². The van der Waals surface area contributed by atoms with Gasteiger partial charge in [0.1, 0.15) is 6.61 Å². The fourth-order valence-electron chi connectivity index (χ4n) is 0.689. The second kappa shape index (κ2) is 8.87. The van der Waals surface area contributed by atoms with E-state index in [4.69, 9.17) is 9.57 Å². The molecule has 0 spiro atoms. The highest BCUT2D eigenvalue weighted by Gasteiger charge is 2.12. The van der Waals surface area contributed by atoms with Crippen molar-refractivity contribution < 1.29 is 14.4 Å². The van der Waals surface area contributed by atoms with Crippen LogP contribution < -0.4 is 0 Å². The van der Waals surface area contributed by atoms with Gasteiger partial charge in [-0.2, -0.15) is 11.8 Å². The van der Waals surface area contributed by atoms with Crippen molar-refractivity contribution in [1.29, 1.82) is 0 Å². The standard InChI is InChI=1S/C9H17NO3S/c1-4-6-13-10-8(7-14-3)9(11)12-5-2/h4-7H2,1-3H3. The second-order valence-corrected chi connectivity index (χ2v) is 3.39. The summed E-state index contributed by atoms with van der Waals surface area (Å²) in [4.78, 5) is 16.2. The third-order valence-electron chi connectivity index (χ3n) is 1.26. The molecular formula is C9H17NO3S. The molecule has 5 heteroatoms. The Labute approximate surface area is 89.0 Å². The number of hydrogen-bond acceptors (Lipinski definition) is 5. The molecule has 0 saturated carbocycles. The Bertz CT molecular complexity index is 194. The highest BCUT2D eigenvalue weighted by Crippen LogP contribution is 1.98. The van der Waals surface area contributed by atoms with Gasteiger partial charge in [-0.3, -0.25) is 0 Å². The minimum absolute atomic E-state index is 0.341. The van der Waals surface area contributed by atoms with Crippen molar-refractivity contribution in [3.8, 4) is 0 Å². The summed E-state index contributed by atoms with van der Waals surface area (Å²) in [5.41, 5.74) is 0.341. The largest absolute Gasteiger partial charge is 0.461 e. The van der Waals surface area contributed by atoms with Gasteiger partial charge in [0.15, 0.2) is 5.71 Å². The Morgan fingerprint density at radius 3 is 2.64 bits per heavy atom. The Morgan fingerprint density at radius 1 is 1.43 bits per heavy atom. The number of oxime groups is 1. The predicted octanol–water partition coefficient (Wildman–Crippen LogP) is 1.70. The maximum atomic E-state index is 11.3. The zero-order valence-electron chi connectivity index (χ0n) is 8.91. The molecule has 0 heterocycles. The smallest absolute Gasteiger partial charge is 0.356 e. The van der Waals surface area contributed by atoms with E-state index in [1.165, 1.54) is 11.8 Å². The van der Waals surface area contributed by atoms with Gasteiger partial charge in [-0.25, -0.2) is 4.79 Å². The van der Waals surface area contributed by atoms with Gasteiger partial charge in [-0.1, -0.05) is 12.1 Å². The van der Waals surface area contributed by atoms with Crippen molar-refractivity contribution in [2.45, 2.75) is 20.3 Å². The zero-order chi connectivity index (χ0) is 10.8. The van der Waals surface area contributed by atoms with Crippen molar-refractivity contribution in [2.24, 2.45) is 5.16 Å². The van der Waals surface area contributed by atoms with E-state index in [0.717, 1.165) is 6.42 Å². The van der Waals surface area contributed by atoms with E-state index in [9.17, 15) is 4.79 Å². The number of carbonyl (C=O) groups excluding carboxylic acids is 1. The molecule has 4 nitrogen and oxygen atoms in total. The quantitative estimate of drug-likeness (QED) is 0.283. The molecule has 14 heavy (non-hydrogen) atoms. The Hall–Kier alpha value is -0.710. The number of carbonyl (C=O) groups is 1. The van der Waals surface area contributed by atoms with Gasteiger partial charge in [-0.15, -0.1) is 0 Å². The summed E-state index contributed by atoms with van der Waals surface area (Å²) in [6.07, 6.45) is 2.77. The molecule has 0 aliphatic heterocycles. The molecule has 0 atom stereocenters. The Morgan fingerprint density at radius 2 is 2.14 bits per heavy atom. The third kappa shape index (κ3) is 5.85. The topological polar surface area (TPSA) is 47.9 Å². The lowest BCUT2D eigenvalue weighted by Gasteiger charge is -2.04. The van der Waals surface area contributed by atoms with E-state index in [1.807, 2.05) is 13.2 Å². The predicted molar refractivity (Wildman–Crippen MR) is 58.7 cm³/mol. The van der Waals surface area contributed by atoms with E-state index in [1.54, 1.807) is 6.92 Å². The van der Waals surface area contributed by atoms with E-state index < -0.39 is 5.97 Å². The molecule has 0 amide bonds. The van der Waals surface area contributed by atoms with Crippen LogP contribution in [0, 0.1) is 0 Å².